The van der Waals surface area contributed by atoms with Gasteiger partial charge in [-0.3, -0.25) is 4.79 Å². The largest absolute Gasteiger partial charge is 0.353 e. The van der Waals surface area contributed by atoms with Crippen LogP contribution >= 0.6 is 15.9 Å². The predicted octanol–water partition coefficient (Wildman–Crippen LogP) is 3.16. The Morgan fingerprint density at radius 2 is 1.95 bits per heavy atom. The highest BCUT2D eigenvalue weighted by Gasteiger charge is 2.31. The van der Waals surface area contributed by atoms with Crippen LogP contribution in [0.3, 0.4) is 0 Å². The molecule has 110 valence electrons. The van der Waals surface area contributed by atoms with E-state index in [1.807, 2.05) is 19.1 Å². The Bertz CT molecular complexity index is 452. The predicted molar refractivity (Wildman–Crippen MR) is 85.5 cm³/mol. The molecule has 1 aromatic carbocycles. The molecule has 1 fully saturated rings. The molecule has 0 bridgehead atoms. The maximum atomic E-state index is 12.1. The molecule has 1 saturated carbocycles. The van der Waals surface area contributed by atoms with E-state index in [4.69, 9.17) is 5.73 Å². The van der Waals surface area contributed by atoms with E-state index in [1.54, 1.807) is 0 Å². The molecular weight excluding hydrogens is 316 g/mol. The van der Waals surface area contributed by atoms with Gasteiger partial charge in [0, 0.05) is 22.5 Å². The van der Waals surface area contributed by atoms with E-state index < -0.39 is 0 Å². The molecule has 0 saturated heterocycles. The Labute approximate surface area is 129 Å². The molecule has 1 aromatic rings. The highest BCUT2D eigenvalue weighted by Crippen LogP contribution is 2.29. The molecule has 1 aliphatic carbocycles. The summed E-state index contributed by atoms with van der Waals surface area (Å²) in [6.45, 7) is 2.04. The first-order valence-electron chi connectivity index (χ1n) is 7.30. The Hall–Kier alpha value is -0.870. The van der Waals surface area contributed by atoms with Gasteiger partial charge < -0.3 is 11.1 Å². The molecule has 0 aromatic heterocycles. The normalized spacial score (nSPS) is 18.8. The van der Waals surface area contributed by atoms with E-state index in [-0.39, 0.29) is 17.5 Å². The fourth-order valence-electron chi connectivity index (χ4n) is 2.93. The SMILES string of the molecule is CC(Cc1ccc(Br)cc1)NC(=O)CC1(N)CCCC1. The van der Waals surface area contributed by atoms with Crippen LogP contribution in [0, 0.1) is 0 Å². The summed E-state index contributed by atoms with van der Waals surface area (Å²) in [7, 11) is 0. The minimum atomic E-state index is -0.262. The molecule has 0 heterocycles. The van der Waals surface area contributed by atoms with Gasteiger partial charge in [0.1, 0.15) is 0 Å². The molecule has 2 rings (SSSR count). The van der Waals surface area contributed by atoms with Crippen molar-refractivity contribution in [1.82, 2.24) is 5.32 Å². The summed E-state index contributed by atoms with van der Waals surface area (Å²) in [5, 5.41) is 3.06. The fourth-order valence-corrected chi connectivity index (χ4v) is 3.19. The number of hydrogen-bond donors (Lipinski definition) is 2. The molecule has 0 spiro atoms. The first-order valence-corrected chi connectivity index (χ1v) is 8.09. The molecule has 0 aliphatic heterocycles. The number of benzene rings is 1. The fraction of sp³-hybridized carbons (Fsp3) is 0.562. The zero-order chi connectivity index (χ0) is 14.6. The topological polar surface area (TPSA) is 55.1 Å². The number of nitrogens with one attached hydrogen (secondary N) is 1. The lowest BCUT2D eigenvalue weighted by atomic mass is 9.94. The van der Waals surface area contributed by atoms with Crippen LogP contribution in [0.15, 0.2) is 28.7 Å². The number of rotatable bonds is 5. The first kappa shape index (κ1) is 15.5. The molecule has 0 radical (unpaired) electrons. The minimum absolute atomic E-state index is 0.0824. The minimum Gasteiger partial charge on any atom is -0.353 e. The van der Waals surface area contributed by atoms with Crippen molar-refractivity contribution in [3.05, 3.63) is 34.3 Å². The second kappa shape index (κ2) is 6.72. The third-order valence-electron chi connectivity index (χ3n) is 3.97. The van der Waals surface area contributed by atoms with Gasteiger partial charge in [0.25, 0.3) is 0 Å². The third-order valence-corrected chi connectivity index (χ3v) is 4.50. The maximum Gasteiger partial charge on any atom is 0.222 e. The maximum absolute atomic E-state index is 12.1. The average molecular weight is 339 g/mol. The van der Waals surface area contributed by atoms with Crippen LogP contribution in [0.2, 0.25) is 0 Å². The van der Waals surface area contributed by atoms with Crippen LogP contribution < -0.4 is 11.1 Å². The van der Waals surface area contributed by atoms with Crippen molar-refractivity contribution in [2.24, 2.45) is 5.73 Å². The lowest BCUT2D eigenvalue weighted by Crippen LogP contribution is -2.44. The number of nitrogens with two attached hydrogens (primary N) is 1. The summed E-state index contributed by atoms with van der Waals surface area (Å²) in [6, 6.07) is 8.34. The highest BCUT2D eigenvalue weighted by atomic mass is 79.9. The standard InChI is InChI=1S/C16H23BrN2O/c1-12(10-13-4-6-14(17)7-5-13)19-15(20)11-16(18)8-2-3-9-16/h4-7,12H,2-3,8-11,18H2,1H3,(H,19,20). The summed E-state index contributed by atoms with van der Waals surface area (Å²) < 4.78 is 1.07. The van der Waals surface area contributed by atoms with Crippen LogP contribution in [-0.4, -0.2) is 17.5 Å². The van der Waals surface area contributed by atoms with Crippen molar-refractivity contribution in [3.8, 4) is 0 Å². The van der Waals surface area contributed by atoms with E-state index in [2.05, 4.69) is 33.4 Å². The summed E-state index contributed by atoms with van der Waals surface area (Å²) in [5.74, 6) is 0.0824. The van der Waals surface area contributed by atoms with Crippen LogP contribution in [0.25, 0.3) is 0 Å². The summed E-state index contributed by atoms with van der Waals surface area (Å²) in [6.07, 6.45) is 5.55. The lowest BCUT2D eigenvalue weighted by Gasteiger charge is -2.24. The van der Waals surface area contributed by atoms with E-state index in [0.29, 0.717) is 6.42 Å². The number of hydrogen-bond acceptors (Lipinski definition) is 2. The van der Waals surface area contributed by atoms with Gasteiger partial charge in [-0.1, -0.05) is 40.9 Å². The average Bonchev–Trinajstić information content (AvgIpc) is 2.78. The second-order valence-corrected chi connectivity index (χ2v) is 6.96. The number of halogens is 1. The van der Waals surface area contributed by atoms with Gasteiger partial charge >= 0.3 is 0 Å². The van der Waals surface area contributed by atoms with Crippen LogP contribution in [0.4, 0.5) is 0 Å². The van der Waals surface area contributed by atoms with E-state index >= 15 is 0 Å². The molecule has 1 amide bonds. The Morgan fingerprint density at radius 1 is 1.35 bits per heavy atom. The van der Waals surface area contributed by atoms with Gasteiger partial charge in [-0.15, -0.1) is 0 Å². The Kier molecular flexibility index (Phi) is 5.22. The van der Waals surface area contributed by atoms with Crippen molar-refractivity contribution in [1.29, 1.82) is 0 Å². The molecule has 20 heavy (non-hydrogen) atoms. The van der Waals surface area contributed by atoms with Gasteiger partial charge in [-0.2, -0.15) is 0 Å². The summed E-state index contributed by atoms with van der Waals surface area (Å²) in [4.78, 5) is 12.1. The number of carbonyl (C=O) groups is 1. The number of carbonyl (C=O) groups excluding carboxylic acids is 1. The van der Waals surface area contributed by atoms with E-state index in [1.165, 1.54) is 5.56 Å². The lowest BCUT2D eigenvalue weighted by molar-refractivity contribution is -0.122. The Morgan fingerprint density at radius 3 is 2.55 bits per heavy atom. The van der Waals surface area contributed by atoms with Gasteiger partial charge in [0.2, 0.25) is 5.91 Å². The molecule has 3 N–H and O–H groups in total. The van der Waals surface area contributed by atoms with Crippen molar-refractivity contribution in [2.45, 2.75) is 57.0 Å². The second-order valence-electron chi connectivity index (χ2n) is 6.05. The molecule has 3 nitrogen and oxygen atoms in total. The zero-order valence-electron chi connectivity index (χ0n) is 12.0. The van der Waals surface area contributed by atoms with Gasteiger partial charge in [0.15, 0.2) is 0 Å². The third kappa shape index (κ3) is 4.60. The summed E-state index contributed by atoms with van der Waals surface area (Å²) >= 11 is 3.42. The van der Waals surface area contributed by atoms with Crippen molar-refractivity contribution >= 4 is 21.8 Å². The van der Waals surface area contributed by atoms with Crippen LogP contribution in [-0.2, 0) is 11.2 Å². The van der Waals surface area contributed by atoms with Gasteiger partial charge in [-0.25, -0.2) is 0 Å². The van der Waals surface area contributed by atoms with Gasteiger partial charge in [-0.05, 0) is 43.9 Å². The smallest absolute Gasteiger partial charge is 0.222 e. The molecule has 1 atom stereocenters. The molecular formula is C16H23BrN2O. The number of amides is 1. The van der Waals surface area contributed by atoms with E-state index in [9.17, 15) is 4.79 Å². The van der Waals surface area contributed by atoms with Gasteiger partial charge in [0.05, 0.1) is 0 Å². The quantitative estimate of drug-likeness (QED) is 0.866. The highest BCUT2D eigenvalue weighted by molar-refractivity contribution is 9.10. The Balaban J connectivity index is 1.80. The van der Waals surface area contributed by atoms with Crippen molar-refractivity contribution in [3.63, 3.8) is 0 Å². The summed E-state index contributed by atoms with van der Waals surface area (Å²) in [5.41, 5.74) is 7.20. The monoisotopic (exact) mass is 338 g/mol. The van der Waals surface area contributed by atoms with Crippen molar-refractivity contribution < 1.29 is 4.79 Å². The molecule has 1 unspecified atom stereocenters. The first-order chi connectivity index (χ1) is 9.47. The molecule has 4 heteroatoms. The molecule has 1 aliphatic rings. The van der Waals surface area contributed by atoms with E-state index in [0.717, 1.165) is 36.6 Å². The van der Waals surface area contributed by atoms with Crippen LogP contribution in [0.1, 0.15) is 44.6 Å². The zero-order valence-corrected chi connectivity index (χ0v) is 13.6. The van der Waals surface area contributed by atoms with Crippen molar-refractivity contribution in [2.75, 3.05) is 0 Å². The van der Waals surface area contributed by atoms with Crippen LogP contribution in [0.5, 0.6) is 0 Å².